The number of carbonyl (C=O) groups is 3. The highest BCUT2D eigenvalue weighted by Crippen LogP contribution is 2.62. The number of carbonyl (C=O) groups excluding carboxylic acids is 3. The zero-order valence-electron chi connectivity index (χ0n) is 24.0. The van der Waals surface area contributed by atoms with E-state index < -0.39 is 29.2 Å². The summed E-state index contributed by atoms with van der Waals surface area (Å²) in [7, 11) is 0. The maximum absolute atomic E-state index is 14.9. The zero-order chi connectivity index (χ0) is 30.7. The molecule has 4 atom stereocenters. The van der Waals surface area contributed by atoms with Crippen LogP contribution in [0, 0.1) is 5.92 Å². The van der Waals surface area contributed by atoms with Crippen LogP contribution in [-0.2, 0) is 10.2 Å². The Bertz CT molecular complexity index is 1870. The summed E-state index contributed by atoms with van der Waals surface area (Å²) in [4.78, 5) is 46.1. The van der Waals surface area contributed by atoms with E-state index in [0.29, 0.717) is 27.6 Å². The van der Waals surface area contributed by atoms with Crippen LogP contribution in [0.5, 0.6) is 5.75 Å². The topological polar surface area (TPSA) is 75.7 Å². The molecule has 7 rings (SSSR count). The maximum atomic E-state index is 14.9. The molecule has 4 aromatic carbocycles. The van der Waals surface area contributed by atoms with Crippen LogP contribution in [0.25, 0.3) is 6.08 Å². The molecular formula is C36H28Cl2N2O4. The Balaban J connectivity index is 1.49. The van der Waals surface area contributed by atoms with Crippen molar-refractivity contribution < 1.29 is 19.1 Å². The molecule has 8 heteroatoms. The number of benzene rings is 4. The normalized spacial score (nSPS) is 22.9. The van der Waals surface area contributed by atoms with Crippen molar-refractivity contribution >= 4 is 52.4 Å². The number of halogens is 2. The number of nitrogens with zero attached hydrogens (tertiary/aromatic N) is 1. The number of amides is 1. The highest BCUT2D eigenvalue weighted by atomic mass is 35.5. The van der Waals surface area contributed by atoms with Crippen molar-refractivity contribution in [1.82, 2.24) is 4.90 Å². The van der Waals surface area contributed by atoms with Crippen molar-refractivity contribution in [3.8, 4) is 5.75 Å². The second-order valence-corrected chi connectivity index (χ2v) is 12.5. The van der Waals surface area contributed by atoms with Gasteiger partial charge >= 0.3 is 0 Å². The third-order valence-corrected chi connectivity index (χ3v) is 9.38. The number of nitrogens with one attached hydrogen (secondary N) is 1. The monoisotopic (exact) mass is 622 g/mol. The molecule has 0 unspecified atom stereocenters. The van der Waals surface area contributed by atoms with Crippen molar-refractivity contribution in [2.75, 3.05) is 5.32 Å². The Morgan fingerprint density at radius 1 is 0.909 bits per heavy atom. The van der Waals surface area contributed by atoms with Gasteiger partial charge in [0.1, 0.15) is 17.2 Å². The van der Waals surface area contributed by atoms with Crippen molar-refractivity contribution in [2.24, 2.45) is 5.92 Å². The van der Waals surface area contributed by atoms with E-state index >= 15 is 0 Å². The molecular weight excluding hydrogens is 595 g/mol. The Morgan fingerprint density at radius 3 is 2.39 bits per heavy atom. The number of rotatable bonds is 6. The average molecular weight is 624 g/mol. The van der Waals surface area contributed by atoms with Crippen LogP contribution in [0.3, 0.4) is 0 Å². The Morgan fingerprint density at radius 2 is 1.64 bits per heavy atom. The van der Waals surface area contributed by atoms with Crippen LogP contribution in [0.2, 0.25) is 10.0 Å². The maximum Gasteiger partial charge on any atom is 0.238 e. The van der Waals surface area contributed by atoms with Crippen LogP contribution in [-0.4, -0.2) is 34.5 Å². The molecule has 1 amide bonds. The van der Waals surface area contributed by atoms with Gasteiger partial charge < -0.3 is 15.0 Å². The Kier molecular flexibility index (Phi) is 6.87. The summed E-state index contributed by atoms with van der Waals surface area (Å²) in [6.45, 7) is 3.86. The van der Waals surface area contributed by atoms with Crippen molar-refractivity contribution in [2.45, 2.75) is 37.5 Å². The van der Waals surface area contributed by atoms with Crippen LogP contribution in [0.4, 0.5) is 5.69 Å². The van der Waals surface area contributed by atoms with Crippen LogP contribution >= 0.6 is 23.2 Å². The molecule has 1 spiro atoms. The van der Waals surface area contributed by atoms with Gasteiger partial charge in [0.05, 0.1) is 23.1 Å². The van der Waals surface area contributed by atoms with E-state index in [4.69, 9.17) is 27.9 Å². The molecule has 0 bridgehead atoms. The molecule has 4 aromatic rings. The van der Waals surface area contributed by atoms with E-state index in [1.807, 2.05) is 79.6 Å². The SMILES string of the molecule is CC(C)Oc1ccc(C(=O)[C@@H]2[C@H](C(=O)c3ccc(Cl)cc3Cl)[C@]3(C(=O)Nc4ccccc43)[C@H]3c4ccccc4C=CN23)cc1. The number of anilines is 1. The summed E-state index contributed by atoms with van der Waals surface area (Å²) < 4.78 is 5.80. The van der Waals surface area contributed by atoms with Gasteiger partial charge in [0.15, 0.2) is 11.6 Å². The molecule has 1 fully saturated rings. The van der Waals surface area contributed by atoms with Gasteiger partial charge in [-0.2, -0.15) is 0 Å². The summed E-state index contributed by atoms with van der Waals surface area (Å²) in [5.74, 6) is -1.53. The number of hydrogen-bond donors (Lipinski definition) is 1. The smallest absolute Gasteiger partial charge is 0.238 e. The number of para-hydroxylation sites is 1. The molecule has 3 heterocycles. The number of hydrogen-bond acceptors (Lipinski definition) is 5. The fourth-order valence-corrected chi connectivity index (χ4v) is 7.67. The van der Waals surface area contributed by atoms with E-state index in [0.717, 1.165) is 11.1 Å². The van der Waals surface area contributed by atoms with Gasteiger partial charge in [0.2, 0.25) is 5.91 Å². The molecule has 220 valence electrons. The second kappa shape index (κ2) is 10.7. The summed E-state index contributed by atoms with van der Waals surface area (Å²) in [6.07, 6.45) is 3.75. The fraction of sp³-hybridized carbons (Fsp3) is 0.194. The number of fused-ring (bicyclic) bond motifs is 6. The predicted octanol–water partition coefficient (Wildman–Crippen LogP) is 7.76. The summed E-state index contributed by atoms with van der Waals surface area (Å²) in [5, 5.41) is 3.59. The molecule has 1 saturated heterocycles. The van der Waals surface area contributed by atoms with Crippen molar-refractivity contribution in [1.29, 1.82) is 0 Å². The van der Waals surface area contributed by atoms with Gasteiger partial charge in [0, 0.05) is 28.0 Å². The van der Waals surface area contributed by atoms with E-state index in [1.54, 1.807) is 36.4 Å². The summed E-state index contributed by atoms with van der Waals surface area (Å²) in [6, 6.07) is 25.1. The lowest BCUT2D eigenvalue weighted by Crippen LogP contribution is -2.49. The lowest BCUT2D eigenvalue weighted by molar-refractivity contribution is -0.122. The minimum absolute atomic E-state index is 0.0300. The predicted molar refractivity (Wildman–Crippen MR) is 171 cm³/mol. The summed E-state index contributed by atoms with van der Waals surface area (Å²) in [5.41, 5.74) is 2.23. The quantitative estimate of drug-likeness (QED) is 0.222. The van der Waals surface area contributed by atoms with E-state index in [1.165, 1.54) is 6.07 Å². The molecule has 0 aliphatic carbocycles. The number of ether oxygens (including phenoxy) is 1. The first-order chi connectivity index (χ1) is 21.2. The summed E-state index contributed by atoms with van der Waals surface area (Å²) >= 11 is 12.8. The zero-order valence-corrected chi connectivity index (χ0v) is 25.5. The molecule has 0 radical (unpaired) electrons. The lowest BCUT2D eigenvalue weighted by atomic mass is 9.62. The number of ketones is 2. The highest BCUT2D eigenvalue weighted by molar-refractivity contribution is 6.37. The van der Waals surface area contributed by atoms with Gasteiger partial charge in [-0.1, -0.05) is 65.7 Å². The third kappa shape index (κ3) is 4.20. The van der Waals surface area contributed by atoms with Crippen LogP contribution < -0.4 is 10.1 Å². The minimum Gasteiger partial charge on any atom is -0.491 e. The minimum atomic E-state index is -1.45. The lowest BCUT2D eigenvalue weighted by Gasteiger charge is -2.38. The van der Waals surface area contributed by atoms with Crippen molar-refractivity contribution in [3.63, 3.8) is 0 Å². The van der Waals surface area contributed by atoms with E-state index in [9.17, 15) is 14.4 Å². The van der Waals surface area contributed by atoms with Crippen LogP contribution in [0.15, 0.2) is 97.2 Å². The highest BCUT2D eigenvalue weighted by Gasteiger charge is 2.70. The first-order valence-corrected chi connectivity index (χ1v) is 15.2. The van der Waals surface area contributed by atoms with Gasteiger partial charge in [0.25, 0.3) is 0 Å². The number of Topliss-reactive ketones (excluding diaryl/α,β-unsaturated/α-hetero) is 2. The molecule has 6 nitrogen and oxygen atoms in total. The van der Waals surface area contributed by atoms with Gasteiger partial charge in [-0.15, -0.1) is 0 Å². The van der Waals surface area contributed by atoms with Crippen molar-refractivity contribution in [3.05, 3.63) is 135 Å². The molecule has 3 aliphatic heterocycles. The third-order valence-electron chi connectivity index (χ3n) is 8.83. The van der Waals surface area contributed by atoms with Gasteiger partial charge in [-0.3, -0.25) is 14.4 Å². The molecule has 44 heavy (non-hydrogen) atoms. The molecule has 1 N–H and O–H groups in total. The van der Waals surface area contributed by atoms with Crippen LogP contribution in [0.1, 0.15) is 57.3 Å². The van der Waals surface area contributed by atoms with Gasteiger partial charge in [-0.05, 0) is 85.1 Å². The first kappa shape index (κ1) is 28.4. The molecule has 3 aliphatic rings. The largest absolute Gasteiger partial charge is 0.491 e. The molecule has 0 aromatic heterocycles. The fourth-order valence-electron chi connectivity index (χ4n) is 7.17. The van der Waals surface area contributed by atoms with E-state index in [2.05, 4.69) is 5.32 Å². The van der Waals surface area contributed by atoms with E-state index in [-0.39, 0.29) is 28.4 Å². The second-order valence-electron chi connectivity index (χ2n) is 11.6. The first-order valence-electron chi connectivity index (χ1n) is 14.5. The standard InChI is InChI=1S/C36H28Cl2N2O4/c1-20(2)44-24-14-11-22(12-15-24)32(41)31-30(33(42)26-16-13-23(37)19-28(26)38)36(27-9-5-6-10-29(27)39-35(36)43)34-25-8-4-3-7-21(25)17-18-40(31)34/h3-20,30-31,34H,1-2H3,(H,39,43)/t30-,31+,34-,36+/m1/s1. The van der Waals surface area contributed by atoms with Gasteiger partial charge in [-0.25, -0.2) is 0 Å². The average Bonchev–Trinajstić information content (AvgIpc) is 3.49. The Labute approximate surface area is 265 Å². The Hall–Kier alpha value is -4.39. The molecule has 0 saturated carbocycles.